The number of anilines is 1. The first-order chi connectivity index (χ1) is 9.51. The Morgan fingerprint density at radius 2 is 2.00 bits per heavy atom. The molecule has 2 aromatic carbocycles. The van der Waals surface area contributed by atoms with Gasteiger partial charge in [0, 0.05) is 11.3 Å². The normalized spacial score (nSPS) is 10.3. The molecule has 0 aliphatic heterocycles. The van der Waals surface area contributed by atoms with Gasteiger partial charge in [0.15, 0.2) is 5.78 Å². The molecule has 0 fully saturated rings. The Balaban J connectivity index is 2.49. The van der Waals surface area contributed by atoms with Crippen molar-refractivity contribution in [3.05, 3.63) is 58.9 Å². The van der Waals surface area contributed by atoms with Crippen LogP contribution in [0.15, 0.2) is 36.4 Å². The Hall–Kier alpha value is -2.36. The quantitative estimate of drug-likeness (QED) is 0.686. The van der Waals surface area contributed by atoms with E-state index >= 15 is 0 Å². The van der Waals surface area contributed by atoms with E-state index in [-0.39, 0.29) is 17.0 Å². The number of ether oxygens (including phenoxy) is 1. The molecule has 0 amide bonds. The van der Waals surface area contributed by atoms with Gasteiger partial charge in [-0.25, -0.2) is 4.39 Å². The summed E-state index contributed by atoms with van der Waals surface area (Å²) in [5, 5.41) is 0. The summed E-state index contributed by atoms with van der Waals surface area (Å²) in [4.78, 5) is 12.5. The van der Waals surface area contributed by atoms with Crippen LogP contribution in [0.4, 0.5) is 10.1 Å². The fraction of sp³-hybridized carbons (Fsp3) is 0.188. The SMILES string of the molecule is CCOc1ccc(C)cc1C(=O)c1cc(N)cc(F)c1. The molecule has 0 aliphatic carbocycles. The van der Waals surface area contributed by atoms with Gasteiger partial charge in [0.2, 0.25) is 0 Å². The van der Waals surface area contributed by atoms with E-state index in [2.05, 4.69) is 0 Å². The number of nitrogens with two attached hydrogens (primary N) is 1. The van der Waals surface area contributed by atoms with Gasteiger partial charge in [-0.15, -0.1) is 0 Å². The summed E-state index contributed by atoms with van der Waals surface area (Å²) in [6.45, 7) is 4.18. The molecule has 0 atom stereocenters. The fourth-order valence-electron chi connectivity index (χ4n) is 2.00. The molecule has 0 aromatic heterocycles. The van der Waals surface area contributed by atoms with Crippen molar-refractivity contribution in [1.82, 2.24) is 0 Å². The summed E-state index contributed by atoms with van der Waals surface area (Å²) in [7, 11) is 0. The minimum atomic E-state index is -0.529. The Morgan fingerprint density at radius 1 is 1.25 bits per heavy atom. The molecule has 2 aromatic rings. The number of ketones is 1. The molecule has 0 spiro atoms. The first-order valence-electron chi connectivity index (χ1n) is 6.35. The van der Waals surface area contributed by atoms with Crippen molar-refractivity contribution in [2.24, 2.45) is 0 Å². The number of carbonyl (C=O) groups is 1. The van der Waals surface area contributed by atoms with Crippen molar-refractivity contribution >= 4 is 11.5 Å². The van der Waals surface area contributed by atoms with Gasteiger partial charge < -0.3 is 10.5 Å². The second kappa shape index (κ2) is 5.74. The molecule has 104 valence electrons. The Bertz CT molecular complexity index is 633. The smallest absolute Gasteiger partial charge is 0.196 e. The lowest BCUT2D eigenvalue weighted by molar-refractivity contribution is 0.103. The predicted molar refractivity (Wildman–Crippen MR) is 76.6 cm³/mol. The maximum atomic E-state index is 13.4. The monoisotopic (exact) mass is 273 g/mol. The van der Waals surface area contributed by atoms with Gasteiger partial charge in [-0.1, -0.05) is 11.6 Å². The maximum Gasteiger partial charge on any atom is 0.196 e. The van der Waals surface area contributed by atoms with Crippen LogP contribution in [0, 0.1) is 12.7 Å². The Labute approximate surface area is 117 Å². The molecule has 0 aliphatic rings. The lowest BCUT2D eigenvalue weighted by atomic mass is 10.00. The maximum absolute atomic E-state index is 13.4. The highest BCUT2D eigenvalue weighted by molar-refractivity contribution is 6.11. The van der Waals surface area contributed by atoms with Crippen molar-refractivity contribution in [2.45, 2.75) is 13.8 Å². The van der Waals surface area contributed by atoms with Gasteiger partial charge in [-0.05, 0) is 44.2 Å². The standard InChI is InChI=1S/C16H16FNO2/c1-3-20-15-5-4-10(2)6-14(15)16(19)11-7-12(17)9-13(18)8-11/h4-9H,3,18H2,1-2H3. The molecule has 3 nitrogen and oxygen atoms in total. The molecule has 0 bridgehead atoms. The number of nitrogen functional groups attached to an aromatic ring is 1. The van der Waals surface area contributed by atoms with Gasteiger partial charge in [-0.2, -0.15) is 0 Å². The summed E-state index contributed by atoms with van der Waals surface area (Å²) in [6, 6.07) is 9.15. The molecule has 0 saturated heterocycles. The van der Waals surface area contributed by atoms with Crippen LogP contribution in [-0.2, 0) is 0 Å². The Kier molecular flexibility index (Phi) is 4.03. The van der Waals surface area contributed by atoms with E-state index in [1.165, 1.54) is 18.2 Å². The topological polar surface area (TPSA) is 52.3 Å². The van der Waals surface area contributed by atoms with Crippen LogP contribution >= 0.6 is 0 Å². The van der Waals surface area contributed by atoms with E-state index in [1.807, 2.05) is 19.9 Å². The summed E-state index contributed by atoms with van der Waals surface area (Å²) in [5.74, 6) is -0.340. The van der Waals surface area contributed by atoms with Gasteiger partial charge in [0.05, 0.1) is 12.2 Å². The lowest BCUT2D eigenvalue weighted by Crippen LogP contribution is -2.07. The van der Waals surface area contributed by atoms with Gasteiger partial charge in [0.1, 0.15) is 11.6 Å². The molecule has 4 heteroatoms. The summed E-state index contributed by atoms with van der Waals surface area (Å²) < 4.78 is 18.8. The third-order valence-corrected chi connectivity index (χ3v) is 2.86. The molecular formula is C16H16FNO2. The van der Waals surface area contributed by atoms with E-state index in [9.17, 15) is 9.18 Å². The average molecular weight is 273 g/mol. The summed E-state index contributed by atoms with van der Waals surface area (Å²) >= 11 is 0. The fourth-order valence-corrected chi connectivity index (χ4v) is 2.00. The molecular weight excluding hydrogens is 257 g/mol. The number of aryl methyl sites for hydroxylation is 1. The van der Waals surface area contributed by atoms with E-state index in [0.29, 0.717) is 17.9 Å². The van der Waals surface area contributed by atoms with Crippen molar-refractivity contribution in [2.75, 3.05) is 12.3 Å². The Morgan fingerprint density at radius 3 is 2.65 bits per heavy atom. The van der Waals surface area contributed by atoms with E-state index in [0.717, 1.165) is 5.56 Å². The largest absolute Gasteiger partial charge is 0.493 e. The number of rotatable bonds is 4. The van der Waals surface area contributed by atoms with Crippen molar-refractivity contribution in [3.63, 3.8) is 0 Å². The highest BCUT2D eigenvalue weighted by Crippen LogP contribution is 2.24. The van der Waals surface area contributed by atoms with Crippen LogP contribution in [-0.4, -0.2) is 12.4 Å². The highest BCUT2D eigenvalue weighted by atomic mass is 19.1. The lowest BCUT2D eigenvalue weighted by Gasteiger charge is -2.11. The zero-order valence-corrected chi connectivity index (χ0v) is 11.4. The minimum Gasteiger partial charge on any atom is -0.493 e. The molecule has 0 unspecified atom stereocenters. The molecule has 2 rings (SSSR count). The van der Waals surface area contributed by atoms with Gasteiger partial charge >= 0.3 is 0 Å². The molecule has 0 radical (unpaired) electrons. The van der Waals surface area contributed by atoms with E-state index in [1.54, 1.807) is 12.1 Å². The second-order valence-electron chi connectivity index (χ2n) is 4.53. The average Bonchev–Trinajstić information content (AvgIpc) is 2.39. The molecule has 20 heavy (non-hydrogen) atoms. The minimum absolute atomic E-state index is 0.217. The third kappa shape index (κ3) is 2.96. The number of hydrogen-bond donors (Lipinski definition) is 1. The zero-order valence-electron chi connectivity index (χ0n) is 11.4. The third-order valence-electron chi connectivity index (χ3n) is 2.86. The van der Waals surface area contributed by atoms with Crippen LogP contribution in [0.2, 0.25) is 0 Å². The number of hydrogen-bond acceptors (Lipinski definition) is 3. The number of benzene rings is 2. The van der Waals surface area contributed by atoms with Crippen molar-refractivity contribution in [3.8, 4) is 5.75 Å². The number of halogens is 1. The van der Waals surface area contributed by atoms with Gasteiger partial charge in [0.25, 0.3) is 0 Å². The second-order valence-corrected chi connectivity index (χ2v) is 4.53. The van der Waals surface area contributed by atoms with Gasteiger partial charge in [-0.3, -0.25) is 4.79 Å². The van der Waals surface area contributed by atoms with E-state index < -0.39 is 5.82 Å². The summed E-state index contributed by atoms with van der Waals surface area (Å²) in [6.07, 6.45) is 0. The molecule has 2 N–H and O–H groups in total. The predicted octanol–water partition coefficient (Wildman–Crippen LogP) is 3.35. The number of carbonyl (C=O) groups excluding carboxylic acids is 1. The van der Waals surface area contributed by atoms with Crippen LogP contribution in [0.25, 0.3) is 0 Å². The first-order valence-corrected chi connectivity index (χ1v) is 6.35. The molecule has 0 saturated carbocycles. The van der Waals surface area contributed by atoms with Crippen molar-refractivity contribution in [1.29, 1.82) is 0 Å². The first kappa shape index (κ1) is 14.1. The molecule has 0 heterocycles. The van der Waals surface area contributed by atoms with E-state index in [4.69, 9.17) is 10.5 Å². The van der Waals surface area contributed by atoms with Crippen molar-refractivity contribution < 1.29 is 13.9 Å². The van der Waals surface area contributed by atoms with Crippen LogP contribution < -0.4 is 10.5 Å². The summed E-state index contributed by atoms with van der Waals surface area (Å²) in [5.41, 5.74) is 7.36. The van der Waals surface area contributed by atoms with Crippen LogP contribution in [0.3, 0.4) is 0 Å². The zero-order chi connectivity index (χ0) is 14.7. The van der Waals surface area contributed by atoms with Crippen LogP contribution in [0.1, 0.15) is 28.4 Å². The van der Waals surface area contributed by atoms with Crippen LogP contribution in [0.5, 0.6) is 5.75 Å². The highest BCUT2D eigenvalue weighted by Gasteiger charge is 2.16.